The number of nitrogens with two attached hydrogens (primary N) is 1. The molecule has 1 saturated heterocycles. The SMILES string of the molecule is CCN1CCC(c2ccc3cc(-c4ccc(N)c(C=NC)c4)c(=O)oc3c2)CC1. The third kappa shape index (κ3) is 3.96. The maximum Gasteiger partial charge on any atom is 0.344 e. The van der Waals surface area contributed by atoms with E-state index in [4.69, 9.17) is 10.2 Å². The minimum Gasteiger partial charge on any atom is -0.422 e. The van der Waals surface area contributed by atoms with Crippen molar-refractivity contribution in [2.24, 2.45) is 4.99 Å². The van der Waals surface area contributed by atoms with Gasteiger partial charge in [0.15, 0.2) is 0 Å². The molecule has 5 nitrogen and oxygen atoms in total. The molecule has 1 aliphatic rings. The zero-order chi connectivity index (χ0) is 20.4. The van der Waals surface area contributed by atoms with Crippen molar-refractivity contribution < 1.29 is 4.42 Å². The highest BCUT2D eigenvalue weighted by molar-refractivity contribution is 5.90. The van der Waals surface area contributed by atoms with Crippen LogP contribution in [-0.2, 0) is 0 Å². The van der Waals surface area contributed by atoms with Gasteiger partial charge in [-0.2, -0.15) is 0 Å². The van der Waals surface area contributed by atoms with Gasteiger partial charge in [0.25, 0.3) is 0 Å². The third-order valence-corrected chi connectivity index (χ3v) is 5.93. The Hall–Kier alpha value is -2.92. The normalized spacial score (nSPS) is 16.1. The zero-order valence-electron chi connectivity index (χ0n) is 17.0. The third-order valence-electron chi connectivity index (χ3n) is 5.93. The molecule has 0 saturated carbocycles. The van der Waals surface area contributed by atoms with Crippen LogP contribution in [0.15, 0.2) is 56.7 Å². The number of fused-ring (bicyclic) bond motifs is 1. The molecule has 2 heterocycles. The van der Waals surface area contributed by atoms with Crippen LogP contribution >= 0.6 is 0 Å². The van der Waals surface area contributed by atoms with Crippen molar-refractivity contribution in [1.29, 1.82) is 0 Å². The summed E-state index contributed by atoms with van der Waals surface area (Å²) in [6.07, 6.45) is 3.99. The zero-order valence-corrected chi connectivity index (χ0v) is 17.0. The van der Waals surface area contributed by atoms with Crippen molar-refractivity contribution in [3.63, 3.8) is 0 Å². The molecule has 0 spiro atoms. The summed E-state index contributed by atoms with van der Waals surface area (Å²) in [6.45, 7) is 5.58. The molecule has 0 atom stereocenters. The summed E-state index contributed by atoms with van der Waals surface area (Å²) in [5.41, 5.74) is 10.3. The van der Waals surface area contributed by atoms with E-state index in [1.165, 1.54) is 5.56 Å². The van der Waals surface area contributed by atoms with Crippen LogP contribution in [0, 0.1) is 0 Å². The predicted octanol–water partition coefficient (Wildman–Crippen LogP) is 4.29. The summed E-state index contributed by atoms with van der Waals surface area (Å²) in [6, 6.07) is 13.7. The summed E-state index contributed by atoms with van der Waals surface area (Å²) < 4.78 is 5.72. The Morgan fingerprint density at radius 1 is 1.17 bits per heavy atom. The minimum atomic E-state index is -0.334. The average molecular weight is 389 g/mol. The first kappa shape index (κ1) is 19.4. The first-order valence-electron chi connectivity index (χ1n) is 10.2. The Morgan fingerprint density at radius 3 is 2.69 bits per heavy atom. The molecule has 0 amide bonds. The molecule has 1 fully saturated rings. The van der Waals surface area contributed by atoms with Crippen LogP contribution < -0.4 is 11.4 Å². The van der Waals surface area contributed by atoms with E-state index in [2.05, 4.69) is 28.9 Å². The van der Waals surface area contributed by atoms with Crippen molar-refractivity contribution in [1.82, 2.24) is 4.90 Å². The van der Waals surface area contributed by atoms with Gasteiger partial charge in [0.1, 0.15) is 5.58 Å². The number of hydrogen-bond donors (Lipinski definition) is 1. The molecule has 2 N–H and O–H groups in total. The number of anilines is 1. The number of hydrogen-bond acceptors (Lipinski definition) is 5. The molecule has 2 aromatic carbocycles. The highest BCUT2D eigenvalue weighted by Gasteiger charge is 2.20. The monoisotopic (exact) mass is 389 g/mol. The molecule has 0 radical (unpaired) electrons. The Labute approximate surface area is 170 Å². The topological polar surface area (TPSA) is 71.8 Å². The molecular formula is C24H27N3O2. The van der Waals surface area contributed by atoms with Crippen molar-refractivity contribution in [3.05, 3.63) is 64.0 Å². The fraction of sp³-hybridized carbons (Fsp3) is 0.333. The number of nitrogens with zero attached hydrogens (tertiary/aromatic N) is 2. The summed E-state index contributed by atoms with van der Waals surface area (Å²) in [5.74, 6) is 0.528. The van der Waals surface area contributed by atoms with E-state index in [0.29, 0.717) is 22.8 Å². The summed E-state index contributed by atoms with van der Waals surface area (Å²) in [5, 5.41) is 0.928. The standard InChI is InChI=1S/C24H27N3O2/c1-3-27-10-8-16(9-11-27)17-4-5-19-13-21(24(28)29-23(19)14-17)18-6-7-22(25)20(12-18)15-26-2/h4-7,12-16H,3,8-11,25H2,1-2H3. The summed E-state index contributed by atoms with van der Waals surface area (Å²) >= 11 is 0. The van der Waals surface area contributed by atoms with Crippen molar-refractivity contribution in [3.8, 4) is 11.1 Å². The predicted molar refractivity (Wildman–Crippen MR) is 120 cm³/mol. The van der Waals surface area contributed by atoms with Crippen molar-refractivity contribution in [2.45, 2.75) is 25.7 Å². The Morgan fingerprint density at radius 2 is 1.97 bits per heavy atom. The lowest BCUT2D eigenvalue weighted by Gasteiger charge is -2.31. The van der Waals surface area contributed by atoms with E-state index in [1.807, 2.05) is 24.3 Å². The second kappa shape index (κ2) is 8.21. The van der Waals surface area contributed by atoms with Crippen LogP contribution in [0.5, 0.6) is 0 Å². The second-order valence-electron chi connectivity index (χ2n) is 7.68. The quantitative estimate of drug-likeness (QED) is 0.410. The lowest BCUT2D eigenvalue weighted by atomic mass is 9.89. The van der Waals surface area contributed by atoms with E-state index >= 15 is 0 Å². The Balaban J connectivity index is 1.68. The van der Waals surface area contributed by atoms with Crippen LogP contribution in [0.4, 0.5) is 5.69 Å². The molecule has 0 bridgehead atoms. The van der Waals surface area contributed by atoms with Gasteiger partial charge in [-0.15, -0.1) is 0 Å². The van der Waals surface area contributed by atoms with Crippen LogP contribution in [-0.4, -0.2) is 37.8 Å². The van der Waals surface area contributed by atoms with E-state index in [-0.39, 0.29) is 5.63 Å². The molecule has 1 aromatic heterocycles. The van der Waals surface area contributed by atoms with Gasteiger partial charge in [0, 0.05) is 29.9 Å². The lowest BCUT2D eigenvalue weighted by molar-refractivity contribution is 0.222. The summed E-state index contributed by atoms with van der Waals surface area (Å²) in [7, 11) is 1.69. The van der Waals surface area contributed by atoms with Crippen LogP contribution in [0.2, 0.25) is 0 Å². The minimum absolute atomic E-state index is 0.334. The van der Waals surface area contributed by atoms with E-state index in [1.54, 1.807) is 19.3 Å². The maximum atomic E-state index is 12.7. The van der Waals surface area contributed by atoms with Gasteiger partial charge in [-0.05, 0) is 73.8 Å². The largest absolute Gasteiger partial charge is 0.422 e. The number of aliphatic imine (C=N–C) groups is 1. The first-order valence-corrected chi connectivity index (χ1v) is 10.2. The molecule has 29 heavy (non-hydrogen) atoms. The molecule has 0 aliphatic carbocycles. The van der Waals surface area contributed by atoms with Gasteiger partial charge in [0.05, 0.1) is 5.56 Å². The second-order valence-corrected chi connectivity index (χ2v) is 7.68. The molecule has 0 unspecified atom stereocenters. The molecule has 1 aliphatic heterocycles. The van der Waals surface area contributed by atoms with Crippen molar-refractivity contribution in [2.75, 3.05) is 32.4 Å². The van der Waals surface area contributed by atoms with Gasteiger partial charge >= 0.3 is 5.63 Å². The number of nitrogen functional groups attached to an aromatic ring is 1. The van der Waals surface area contributed by atoms with E-state index < -0.39 is 0 Å². The Bertz CT molecular complexity index is 1110. The fourth-order valence-electron chi connectivity index (χ4n) is 4.16. The number of piperidine rings is 1. The average Bonchev–Trinajstić information content (AvgIpc) is 2.75. The highest BCUT2D eigenvalue weighted by atomic mass is 16.4. The highest BCUT2D eigenvalue weighted by Crippen LogP contribution is 2.31. The first-order chi connectivity index (χ1) is 14.1. The van der Waals surface area contributed by atoms with Crippen molar-refractivity contribution >= 4 is 22.9 Å². The fourth-order valence-corrected chi connectivity index (χ4v) is 4.16. The molecule has 3 aromatic rings. The molecular weight excluding hydrogens is 362 g/mol. The van der Waals surface area contributed by atoms with Gasteiger partial charge < -0.3 is 15.1 Å². The van der Waals surface area contributed by atoms with Crippen LogP contribution in [0.3, 0.4) is 0 Å². The van der Waals surface area contributed by atoms with Gasteiger partial charge in [-0.3, -0.25) is 4.99 Å². The molecule has 150 valence electrons. The maximum absolute atomic E-state index is 12.7. The molecule has 4 rings (SSSR count). The van der Waals surface area contributed by atoms with E-state index in [0.717, 1.165) is 49.0 Å². The lowest BCUT2D eigenvalue weighted by Crippen LogP contribution is -2.32. The number of rotatable bonds is 4. The van der Waals surface area contributed by atoms with E-state index in [9.17, 15) is 4.79 Å². The van der Waals surface area contributed by atoms with Gasteiger partial charge in [0.2, 0.25) is 0 Å². The summed E-state index contributed by atoms with van der Waals surface area (Å²) in [4.78, 5) is 19.2. The number of likely N-dealkylation sites (tertiary alicyclic amines) is 1. The molecule has 5 heteroatoms. The number of benzene rings is 2. The smallest absolute Gasteiger partial charge is 0.344 e. The Kier molecular flexibility index (Phi) is 5.49. The van der Waals surface area contributed by atoms with Crippen LogP contribution in [0.1, 0.15) is 36.8 Å². The van der Waals surface area contributed by atoms with Crippen LogP contribution in [0.25, 0.3) is 22.1 Å². The van der Waals surface area contributed by atoms with Gasteiger partial charge in [-0.1, -0.05) is 25.1 Å². The van der Waals surface area contributed by atoms with Gasteiger partial charge in [-0.25, -0.2) is 4.79 Å².